The van der Waals surface area contributed by atoms with Crippen LogP contribution in [0.5, 0.6) is 11.5 Å². The molecule has 0 radical (unpaired) electrons. The molecule has 146 valence electrons. The summed E-state index contributed by atoms with van der Waals surface area (Å²) in [6.07, 6.45) is -0.678. The SMILES string of the molecule is CCOc1ccccc1-c1csc(NC(=O)C(C)Oc2ccc(Cl)cc2C)n1. The molecule has 1 atom stereocenters. The molecule has 1 aromatic heterocycles. The number of nitrogens with one attached hydrogen (secondary N) is 1. The summed E-state index contributed by atoms with van der Waals surface area (Å²) >= 11 is 7.31. The van der Waals surface area contributed by atoms with E-state index in [9.17, 15) is 4.79 Å². The first-order valence-corrected chi connectivity index (χ1v) is 10.1. The Morgan fingerprint density at radius 3 is 2.79 bits per heavy atom. The molecule has 0 aliphatic rings. The molecule has 1 unspecified atom stereocenters. The third-order valence-corrected chi connectivity index (χ3v) is 5.00. The number of hydrogen-bond donors (Lipinski definition) is 1. The molecule has 1 N–H and O–H groups in total. The van der Waals surface area contributed by atoms with E-state index in [4.69, 9.17) is 21.1 Å². The van der Waals surface area contributed by atoms with Crippen molar-refractivity contribution in [3.05, 3.63) is 58.4 Å². The van der Waals surface area contributed by atoms with E-state index in [1.54, 1.807) is 25.1 Å². The number of halogens is 1. The number of thiazole rings is 1. The van der Waals surface area contributed by atoms with Crippen LogP contribution < -0.4 is 14.8 Å². The second-order valence-corrected chi connectivity index (χ2v) is 7.42. The molecule has 0 spiro atoms. The number of hydrogen-bond acceptors (Lipinski definition) is 5. The number of amides is 1. The maximum atomic E-state index is 12.5. The van der Waals surface area contributed by atoms with Crippen LogP contribution in [0.25, 0.3) is 11.3 Å². The van der Waals surface area contributed by atoms with E-state index >= 15 is 0 Å². The molecule has 1 amide bonds. The molecule has 0 fully saturated rings. The van der Waals surface area contributed by atoms with Crippen LogP contribution in [0.1, 0.15) is 19.4 Å². The fourth-order valence-corrected chi connectivity index (χ4v) is 3.55. The lowest BCUT2D eigenvalue weighted by Gasteiger charge is -2.15. The summed E-state index contributed by atoms with van der Waals surface area (Å²) in [5.74, 6) is 1.12. The number of benzene rings is 2. The van der Waals surface area contributed by atoms with Gasteiger partial charge in [0, 0.05) is 16.0 Å². The molecule has 0 saturated carbocycles. The van der Waals surface area contributed by atoms with Crippen molar-refractivity contribution in [3.63, 3.8) is 0 Å². The van der Waals surface area contributed by atoms with Crippen molar-refractivity contribution >= 4 is 34.0 Å². The number of rotatable bonds is 7. The van der Waals surface area contributed by atoms with Crippen LogP contribution in [0.2, 0.25) is 5.02 Å². The maximum Gasteiger partial charge on any atom is 0.266 e. The highest BCUT2D eigenvalue weighted by molar-refractivity contribution is 7.14. The number of aryl methyl sites for hydroxylation is 1. The van der Waals surface area contributed by atoms with E-state index in [0.29, 0.717) is 22.5 Å². The summed E-state index contributed by atoms with van der Waals surface area (Å²) < 4.78 is 11.4. The Kier molecular flexibility index (Phi) is 6.54. The van der Waals surface area contributed by atoms with Gasteiger partial charge < -0.3 is 9.47 Å². The normalized spacial score (nSPS) is 11.7. The van der Waals surface area contributed by atoms with Crippen LogP contribution in [-0.4, -0.2) is 23.6 Å². The van der Waals surface area contributed by atoms with Crippen molar-refractivity contribution in [3.8, 4) is 22.8 Å². The van der Waals surface area contributed by atoms with Crippen LogP contribution in [0.3, 0.4) is 0 Å². The van der Waals surface area contributed by atoms with E-state index in [2.05, 4.69) is 10.3 Å². The van der Waals surface area contributed by atoms with Gasteiger partial charge in [-0.3, -0.25) is 10.1 Å². The van der Waals surface area contributed by atoms with Gasteiger partial charge >= 0.3 is 0 Å². The highest BCUT2D eigenvalue weighted by Crippen LogP contribution is 2.32. The smallest absolute Gasteiger partial charge is 0.266 e. The van der Waals surface area contributed by atoms with Gasteiger partial charge in [-0.1, -0.05) is 23.7 Å². The fourth-order valence-electron chi connectivity index (χ4n) is 2.61. The summed E-state index contributed by atoms with van der Waals surface area (Å²) in [4.78, 5) is 17.0. The summed E-state index contributed by atoms with van der Waals surface area (Å²) in [6, 6.07) is 13.0. The van der Waals surface area contributed by atoms with E-state index < -0.39 is 6.10 Å². The number of nitrogens with zero attached hydrogens (tertiary/aromatic N) is 1. The van der Waals surface area contributed by atoms with Gasteiger partial charge in [0.05, 0.1) is 12.3 Å². The van der Waals surface area contributed by atoms with E-state index in [1.165, 1.54) is 11.3 Å². The number of aromatic nitrogens is 1. The van der Waals surface area contributed by atoms with Gasteiger partial charge in [0.25, 0.3) is 5.91 Å². The van der Waals surface area contributed by atoms with Gasteiger partial charge in [0.15, 0.2) is 11.2 Å². The van der Waals surface area contributed by atoms with Crippen molar-refractivity contribution in [1.82, 2.24) is 4.98 Å². The lowest BCUT2D eigenvalue weighted by atomic mass is 10.1. The average molecular weight is 417 g/mol. The summed E-state index contributed by atoms with van der Waals surface area (Å²) in [7, 11) is 0. The van der Waals surface area contributed by atoms with Gasteiger partial charge in [-0.25, -0.2) is 4.98 Å². The molecular formula is C21H21ClN2O3S. The zero-order valence-electron chi connectivity index (χ0n) is 15.9. The zero-order chi connectivity index (χ0) is 20.1. The molecule has 1 heterocycles. The van der Waals surface area contributed by atoms with Gasteiger partial charge in [0.2, 0.25) is 0 Å². The van der Waals surface area contributed by atoms with Gasteiger partial charge in [0.1, 0.15) is 11.5 Å². The summed E-state index contributed by atoms with van der Waals surface area (Å²) in [5.41, 5.74) is 2.52. The van der Waals surface area contributed by atoms with Crippen molar-refractivity contribution in [2.45, 2.75) is 26.9 Å². The quantitative estimate of drug-likeness (QED) is 0.546. The Morgan fingerprint density at radius 1 is 1.25 bits per heavy atom. The predicted octanol–water partition coefficient (Wildman–Crippen LogP) is 5.58. The Balaban J connectivity index is 1.68. The minimum atomic E-state index is -0.678. The second kappa shape index (κ2) is 9.08. The summed E-state index contributed by atoms with van der Waals surface area (Å²) in [6.45, 7) is 6.09. The molecule has 3 aromatic rings. The monoisotopic (exact) mass is 416 g/mol. The van der Waals surface area contributed by atoms with Crippen molar-refractivity contribution < 1.29 is 14.3 Å². The lowest BCUT2D eigenvalue weighted by Crippen LogP contribution is -2.30. The van der Waals surface area contributed by atoms with Crippen molar-refractivity contribution in [2.24, 2.45) is 0 Å². The maximum absolute atomic E-state index is 12.5. The lowest BCUT2D eigenvalue weighted by molar-refractivity contribution is -0.122. The third kappa shape index (κ3) is 4.82. The first kappa shape index (κ1) is 20.2. The predicted molar refractivity (Wildman–Crippen MR) is 114 cm³/mol. The Hall–Kier alpha value is -2.57. The average Bonchev–Trinajstić information content (AvgIpc) is 3.13. The molecule has 28 heavy (non-hydrogen) atoms. The molecule has 0 bridgehead atoms. The molecule has 0 saturated heterocycles. The van der Waals surface area contributed by atoms with Crippen LogP contribution in [-0.2, 0) is 4.79 Å². The Morgan fingerprint density at radius 2 is 2.04 bits per heavy atom. The number of carbonyl (C=O) groups excluding carboxylic acids is 1. The van der Waals surface area contributed by atoms with Gasteiger partial charge in [-0.15, -0.1) is 11.3 Å². The number of carbonyl (C=O) groups is 1. The minimum absolute atomic E-state index is 0.270. The Bertz CT molecular complexity index is 974. The van der Waals surface area contributed by atoms with E-state index in [0.717, 1.165) is 22.6 Å². The van der Waals surface area contributed by atoms with E-state index in [1.807, 2.05) is 43.5 Å². The molecule has 3 rings (SSSR count). The molecule has 5 nitrogen and oxygen atoms in total. The van der Waals surface area contributed by atoms with Crippen LogP contribution >= 0.6 is 22.9 Å². The topological polar surface area (TPSA) is 60.5 Å². The van der Waals surface area contributed by atoms with Gasteiger partial charge in [-0.05, 0) is 56.7 Å². The third-order valence-electron chi connectivity index (χ3n) is 4.01. The van der Waals surface area contributed by atoms with Crippen molar-refractivity contribution in [1.29, 1.82) is 0 Å². The minimum Gasteiger partial charge on any atom is -0.493 e. The molecule has 7 heteroatoms. The van der Waals surface area contributed by atoms with Crippen molar-refractivity contribution in [2.75, 3.05) is 11.9 Å². The van der Waals surface area contributed by atoms with Crippen LogP contribution in [0.15, 0.2) is 47.8 Å². The standard InChI is InChI=1S/C21H21ClN2O3S/c1-4-26-19-8-6-5-7-16(19)17-12-28-21(23-17)24-20(25)14(3)27-18-10-9-15(22)11-13(18)2/h5-12,14H,4H2,1-3H3,(H,23,24,25). The largest absolute Gasteiger partial charge is 0.493 e. The van der Waals surface area contributed by atoms with Crippen LogP contribution in [0.4, 0.5) is 5.13 Å². The molecule has 0 aliphatic heterocycles. The first-order chi connectivity index (χ1) is 13.5. The number of para-hydroxylation sites is 1. The summed E-state index contributed by atoms with van der Waals surface area (Å²) in [5, 5.41) is 5.84. The molecular weight excluding hydrogens is 396 g/mol. The highest BCUT2D eigenvalue weighted by Gasteiger charge is 2.18. The number of anilines is 1. The second-order valence-electron chi connectivity index (χ2n) is 6.13. The molecule has 0 aliphatic carbocycles. The number of ether oxygens (including phenoxy) is 2. The molecule has 2 aromatic carbocycles. The fraction of sp³-hybridized carbons (Fsp3) is 0.238. The first-order valence-electron chi connectivity index (χ1n) is 8.89. The Labute approximate surface area is 173 Å². The zero-order valence-corrected chi connectivity index (χ0v) is 17.4. The van der Waals surface area contributed by atoms with E-state index in [-0.39, 0.29) is 5.91 Å². The highest BCUT2D eigenvalue weighted by atomic mass is 35.5. The van der Waals surface area contributed by atoms with Crippen LogP contribution in [0, 0.1) is 6.92 Å². The van der Waals surface area contributed by atoms with Gasteiger partial charge in [-0.2, -0.15) is 0 Å².